The van der Waals surface area contributed by atoms with Gasteiger partial charge in [-0.1, -0.05) is 18.2 Å². The van der Waals surface area contributed by atoms with Crippen LogP contribution in [0.5, 0.6) is 0 Å². The van der Waals surface area contributed by atoms with Crippen molar-refractivity contribution >= 4 is 10.8 Å². The lowest BCUT2D eigenvalue weighted by Crippen LogP contribution is -2.23. The second kappa shape index (κ2) is 5.47. The number of furan rings is 1. The third kappa shape index (κ3) is 2.45. The SMILES string of the molecule is CNC(C)Cc1ccc(-c2cccc3ccncc23)o1. The summed E-state index contributed by atoms with van der Waals surface area (Å²) < 4.78 is 5.98. The Kier molecular flexibility index (Phi) is 3.52. The molecule has 0 aliphatic carbocycles. The summed E-state index contributed by atoms with van der Waals surface area (Å²) in [4.78, 5) is 4.22. The number of rotatable bonds is 4. The van der Waals surface area contributed by atoms with Crippen molar-refractivity contribution in [2.24, 2.45) is 0 Å². The van der Waals surface area contributed by atoms with E-state index in [9.17, 15) is 0 Å². The first-order valence-electron chi connectivity index (χ1n) is 6.87. The number of fused-ring (bicyclic) bond motifs is 1. The zero-order valence-corrected chi connectivity index (χ0v) is 11.8. The molecular formula is C17H18N2O. The zero-order chi connectivity index (χ0) is 13.9. The number of likely N-dealkylation sites (N-methyl/N-ethyl adjacent to an activating group) is 1. The number of nitrogens with one attached hydrogen (secondary N) is 1. The molecule has 0 aliphatic rings. The number of hydrogen-bond acceptors (Lipinski definition) is 3. The van der Waals surface area contributed by atoms with Gasteiger partial charge in [-0.05, 0) is 37.6 Å². The van der Waals surface area contributed by atoms with Crippen LogP contribution in [-0.2, 0) is 6.42 Å². The summed E-state index contributed by atoms with van der Waals surface area (Å²) in [6.45, 7) is 2.14. The molecule has 0 fully saturated rings. The van der Waals surface area contributed by atoms with Crippen LogP contribution in [0.2, 0.25) is 0 Å². The summed E-state index contributed by atoms with van der Waals surface area (Å²) in [5.41, 5.74) is 1.10. The van der Waals surface area contributed by atoms with Crippen LogP contribution in [0.4, 0.5) is 0 Å². The van der Waals surface area contributed by atoms with Crippen LogP contribution < -0.4 is 5.32 Å². The van der Waals surface area contributed by atoms with Crippen molar-refractivity contribution in [2.45, 2.75) is 19.4 Å². The highest BCUT2D eigenvalue weighted by Crippen LogP contribution is 2.29. The van der Waals surface area contributed by atoms with Crippen LogP contribution >= 0.6 is 0 Å². The minimum absolute atomic E-state index is 0.406. The van der Waals surface area contributed by atoms with E-state index in [0.29, 0.717) is 6.04 Å². The lowest BCUT2D eigenvalue weighted by Gasteiger charge is -2.07. The van der Waals surface area contributed by atoms with Crippen molar-refractivity contribution < 1.29 is 4.42 Å². The highest BCUT2D eigenvalue weighted by Gasteiger charge is 2.10. The van der Waals surface area contributed by atoms with Gasteiger partial charge in [0.2, 0.25) is 0 Å². The minimum atomic E-state index is 0.406. The van der Waals surface area contributed by atoms with E-state index in [-0.39, 0.29) is 0 Å². The third-order valence-electron chi connectivity index (χ3n) is 3.61. The molecule has 0 aliphatic heterocycles. The van der Waals surface area contributed by atoms with E-state index in [4.69, 9.17) is 4.42 Å². The Hall–Kier alpha value is -2.13. The van der Waals surface area contributed by atoms with Gasteiger partial charge in [-0.25, -0.2) is 0 Å². The van der Waals surface area contributed by atoms with E-state index >= 15 is 0 Å². The molecule has 3 nitrogen and oxygen atoms in total. The summed E-state index contributed by atoms with van der Waals surface area (Å²) >= 11 is 0. The first kappa shape index (κ1) is 12.9. The molecule has 2 heterocycles. The van der Waals surface area contributed by atoms with Crippen molar-refractivity contribution in [2.75, 3.05) is 7.05 Å². The van der Waals surface area contributed by atoms with Gasteiger partial charge in [-0.2, -0.15) is 0 Å². The molecule has 0 spiro atoms. The third-order valence-corrected chi connectivity index (χ3v) is 3.61. The molecule has 0 amide bonds. The lowest BCUT2D eigenvalue weighted by atomic mass is 10.1. The minimum Gasteiger partial charge on any atom is -0.461 e. The van der Waals surface area contributed by atoms with Gasteiger partial charge in [0.1, 0.15) is 11.5 Å². The van der Waals surface area contributed by atoms with Gasteiger partial charge in [0.05, 0.1) is 0 Å². The molecule has 1 atom stereocenters. The fourth-order valence-corrected chi connectivity index (χ4v) is 2.36. The molecule has 0 radical (unpaired) electrons. The molecule has 3 rings (SSSR count). The molecule has 1 N–H and O–H groups in total. The van der Waals surface area contributed by atoms with E-state index in [1.807, 2.05) is 31.6 Å². The fourth-order valence-electron chi connectivity index (χ4n) is 2.36. The van der Waals surface area contributed by atoms with Crippen molar-refractivity contribution in [1.29, 1.82) is 0 Å². The topological polar surface area (TPSA) is 38.1 Å². The monoisotopic (exact) mass is 266 g/mol. The molecule has 102 valence electrons. The maximum atomic E-state index is 5.98. The Balaban J connectivity index is 1.99. The van der Waals surface area contributed by atoms with E-state index in [0.717, 1.165) is 28.9 Å². The van der Waals surface area contributed by atoms with Gasteiger partial charge < -0.3 is 9.73 Å². The summed E-state index contributed by atoms with van der Waals surface area (Å²) in [7, 11) is 1.96. The molecule has 0 bridgehead atoms. The molecule has 1 unspecified atom stereocenters. The lowest BCUT2D eigenvalue weighted by molar-refractivity contribution is 0.481. The second-order valence-electron chi connectivity index (χ2n) is 5.06. The number of nitrogens with zero attached hydrogens (tertiary/aromatic N) is 1. The Morgan fingerprint density at radius 1 is 1.20 bits per heavy atom. The quantitative estimate of drug-likeness (QED) is 0.783. The van der Waals surface area contributed by atoms with Gasteiger partial charge >= 0.3 is 0 Å². The number of pyridine rings is 1. The summed E-state index contributed by atoms with van der Waals surface area (Å²) in [5.74, 6) is 1.91. The number of hydrogen-bond donors (Lipinski definition) is 1. The van der Waals surface area contributed by atoms with E-state index in [2.05, 4.69) is 41.5 Å². The normalized spacial score (nSPS) is 12.7. The number of benzene rings is 1. The highest BCUT2D eigenvalue weighted by atomic mass is 16.3. The summed E-state index contributed by atoms with van der Waals surface area (Å²) in [6.07, 6.45) is 4.59. The maximum absolute atomic E-state index is 5.98. The van der Waals surface area contributed by atoms with Crippen molar-refractivity contribution in [3.05, 3.63) is 54.6 Å². The standard InChI is InChI=1S/C17H18N2O/c1-12(18-2)10-14-6-7-17(20-14)15-5-3-4-13-8-9-19-11-16(13)15/h3-9,11-12,18H,10H2,1-2H3. The fraction of sp³-hybridized carbons (Fsp3) is 0.235. The Bertz CT molecular complexity index is 712. The van der Waals surface area contributed by atoms with Crippen LogP contribution in [0.25, 0.3) is 22.1 Å². The van der Waals surface area contributed by atoms with Crippen LogP contribution in [-0.4, -0.2) is 18.1 Å². The molecular weight excluding hydrogens is 248 g/mol. The van der Waals surface area contributed by atoms with Crippen LogP contribution in [0.3, 0.4) is 0 Å². The molecule has 0 saturated heterocycles. The largest absolute Gasteiger partial charge is 0.461 e. The predicted octanol–water partition coefficient (Wildman–Crippen LogP) is 3.65. The van der Waals surface area contributed by atoms with Gasteiger partial charge in [-0.15, -0.1) is 0 Å². The van der Waals surface area contributed by atoms with Crippen LogP contribution in [0, 0.1) is 0 Å². The van der Waals surface area contributed by atoms with E-state index < -0.39 is 0 Å². The Morgan fingerprint density at radius 2 is 2.10 bits per heavy atom. The first-order valence-corrected chi connectivity index (χ1v) is 6.87. The molecule has 3 aromatic rings. The molecule has 0 saturated carbocycles. The van der Waals surface area contributed by atoms with Crippen molar-refractivity contribution in [3.63, 3.8) is 0 Å². The van der Waals surface area contributed by atoms with Crippen molar-refractivity contribution in [1.82, 2.24) is 10.3 Å². The van der Waals surface area contributed by atoms with Gasteiger partial charge in [0.25, 0.3) is 0 Å². The summed E-state index contributed by atoms with van der Waals surface area (Å²) in [6, 6.07) is 12.7. The smallest absolute Gasteiger partial charge is 0.134 e. The Morgan fingerprint density at radius 3 is 2.95 bits per heavy atom. The van der Waals surface area contributed by atoms with Crippen LogP contribution in [0.15, 0.2) is 53.2 Å². The summed E-state index contributed by atoms with van der Waals surface area (Å²) in [5, 5.41) is 5.52. The van der Waals surface area contributed by atoms with Crippen LogP contribution in [0.1, 0.15) is 12.7 Å². The average Bonchev–Trinajstić information content (AvgIpc) is 2.94. The van der Waals surface area contributed by atoms with Gasteiger partial charge in [0.15, 0.2) is 0 Å². The molecule has 20 heavy (non-hydrogen) atoms. The zero-order valence-electron chi connectivity index (χ0n) is 11.8. The first-order chi connectivity index (χ1) is 9.78. The van der Waals surface area contributed by atoms with Gasteiger partial charge in [-0.3, -0.25) is 4.98 Å². The van der Waals surface area contributed by atoms with Crippen molar-refractivity contribution in [3.8, 4) is 11.3 Å². The molecule has 1 aromatic carbocycles. The predicted molar refractivity (Wildman–Crippen MR) is 81.7 cm³/mol. The highest BCUT2D eigenvalue weighted by molar-refractivity contribution is 5.94. The molecule has 2 aromatic heterocycles. The van der Waals surface area contributed by atoms with Gasteiger partial charge in [0, 0.05) is 35.8 Å². The maximum Gasteiger partial charge on any atom is 0.134 e. The second-order valence-corrected chi connectivity index (χ2v) is 5.06. The molecule has 3 heteroatoms. The number of aromatic nitrogens is 1. The average molecular weight is 266 g/mol. The Labute approximate surface area is 118 Å². The van der Waals surface area contributed by atoms with E-state index in [1.54, 1.807) is 0 Å². The van der Waals surface area contributed by atoms with E-state index in [1.165, 1.54) is 5.39 Å².